The number of halogens is 1. The number of carbonyl (C=O) groups is 3. The van der Waals surface area contributed by atoms with Gasteiger partial charge in [-0.25, -0.2) is 9.59 Å². The topological polar surface area (TPSA) is 128 Å². The highest BCUT2D eigenvalue weighted by molar-refractivity contribution is 6.32. The van der Waals surface area contributed by atoms with Crippen molar-refractivity contribution in [2.24, 2.45) is 0 Å². The molecule has 1 aliphatic heterocycles. The van der Waals surface area contributed by atoms with Gasteiger partial charge in [0, 0.05) is 31.3 Å². The number of amides is 2. The number of hydrogen-bond donors (Lipinski definition) is 1. The molecule has 0 bridgehead atoms. The molecule has 0 aromatic heterocycles. The first kappa shape index (κ1) is 23.1. The summed E-state index contributed by atoms with van der Waals surface area (Å²) in [7, 11) is 0. The Kier molecular flexibility index (Phi) is 8.60. The average Bonchev–Trinajstić information content (AvgIpc) is 2.72. The minimum absolute atomic E-state index is 0.00973. The number of likely N-dealkylation sites (tertiary alicyclic amines) is 1. The number of ether oxygens (including phenoxy) is 2. The van der Waals surface area contributed by atoms with Crippen LogP contribution in [-0.2, 0) is 19.1 Å². The Balaban J connectivity index is 1.74. The molecule has 0 radical (unpaired) electrons. The maximum Gasteiger partial charge on any atom is 0.409 e. The maximum atomic E-state index is 12.0. The third-order valence-corrected chi connectivity index (χ3v) is 4.63. The zero-order valence-corrected chi connectivity index (χ0v) is 17.1. The van der Waals surface area contributed by atoms with Crippen molar-refractivity contribution >= 4 is 41.3 Å². The summed E-state index contributed by atoms with van der Waals surface area (Å²) >= 11 is 5.73. The lowest BCUT2D eigenvalue weighted by molar-refractivity contribution is -0.384. The second-order valence-corrected chi connectivity index (χ2v) is 6.84. The largest absolute Gasteiger partial charge is 0.452 e. The fourth-order valence-corrected chi connectivity index (χ4v) is 3.00. The second kappa shape index (κ2) is 11.1. The third-order valence-electron chi connectivity index (χ3n) is 4.31. The number of esters is 1. The van der Waals surface area contributed by atoms with Crippen LogP contribution in [0.5, 0.6) is 0 Å². The monoisotopic (exact) mass is 439 g/mol. The number of nitro benzene ring substituents is 1. The summed E-state index contributed by atoms with van der Waals surface area (Å²) in [5.41, 5.74) is 0.112. The van der Waals surface area contributed by atoms with E-state index < -0.39 is 23.4 Å². The lowest BCUT2D eigenvalue weighted by Gasteiger charge is -2.31. The molecule has 0 unspecified atom stereocenters. The first-order chi connectivity index (χ1) is 14.3. The molecule has 1 aromatic carbocycles. The van der Waals surface area contributed by atoms with Crippen LogP contribution in [0.25, 0.3) is 6.08 Å². The van der Waals surface area contributed by atoms with E-state index >= 15 is 0 Å². The SMILES string of the molecule is CCOC(=O)N1CCC(NC(=O)COC(=O)/C=C/c2ccc(Cl)c([N+](=O)[O-])c2)CC1. The summed E-state index contributed by atoms with van der Waals surface area (Å²) in [5, 5.41) is 13.6. The molecule has 0 spiro atoms. The number of carbonyl (C=O) groups excluding carboxylic acids is 3. The Morgan fingerprint density at radius 2 is 2.00 bits per heavy atom. The van der Waals surface area contributed by atoms with Crippen molar-refractivity contribution in [3.05, 3.63) is 45.0 Å². The molecule has 0 atom stereocenters. The van der Waals surface area contributed by atoms with Crippen LogP contribution in [-0.4, -0.2) is 60.1 Å². The highest BCUT2D eigenvalue weighted by atomic mass is 35.5. The van der Waals surface area contributed by atoms with E-state index in [1.807, 2.05) is 0 Å². The van der Waals surface area contributed by atoms with E-state index in [9.17, 15) is 24.5 Å². The van der Waals surface area contributed by atoms with Crippen molar-refractivity contribution in [2.45, 2.75) is 25.8 Å². The summed E-state index contributed by atoms with van der Waals surface area (Å²) < 4.78 is 9.81. The van der Waals surface area contributed by atoms with Crippen LogP contribution >= 0.6 is 11.6 Å². The molecule has 30 heavy (non-hydrogen) atoms. The number of nitrogens with one attached hydrogen (secondary N) is 1. The van der Waals surface area contributed by atoms with Crippen molar-refractivity contribution < 1.29 is 28.8 Å². The fraction of sp³-hybridized carbons (Fsp3) is 0.421. The molecule has 2 rings (SSSR count). The number of rotatable bonds is 7. The first-order valence-electron chi connectivity index (χ1n) is 9.30. The number of benzene rings is 1. The van der Waals surface area contributed by atoms with E-state index in [-0.39, 0.29) is 22.8 Å². The predicted octanol–water partition coefficient (Wildman–Crippen LogP) is 2.54. The van der Waals surface area contributed by atoms with Gasteiger partial charge in [-0.15, -0.1) is 0 Å². The van der Waals surface area contributed by atoms with Crippen LogP contribution < -0.4 is 5.32 Å². The standard InChI is InChI=1S/C19H22ClN3O7/c1-2-29-19(26)22-9-7-14(8-10-22)21-17(24)12-30-18(25)6-4-13-3-5-15(20)16(11-13)23(27)28/h3-6,11,14H,2,7-10,12H2,1H3,(H,21,24)/b6-4+. The molecule has 1 heterocycles. The van der Waals surface area contributed by atoms with E-state index in [0.29, 0.717) is 38.1 Å². The van der Waals surface area contributed by atoms with Gasteiger partial charge in [0.05, 0.1) is 11.5 Å². The summed E-state index contributed by atoms with van der Waals surface area (Å²) in [6.45, 7) is 2.53. The Morgan fingerprint density at radius 1 is 1.30 bits per heavy atom. The van der Waals surface area contributed by atoms with Gasteiger partial charge in [0.1, 0.15) is 5.02 Å². The van der Waals surface area contributed by atoms with Gasteiger partial charge in [-0.3, -0.25) is 14.9 Å². The average molecular weight is 440 g/mol. The first-order valence-corrected chi connectivity index (χ1v) is 9.67. The number of hydrogen-bond acceptors (Lipinski definition) is 7. The minimum atomic E-state index is -0.764. The molecule has 1 aliphatic rings. The van der Waals surface area contributed by atoms with Crippen molar-refractivity contribution in [2.75, 3.05) is 26.3 Å². The number of nitrogens with zero attached hydrogens (tertiary/aromatic N) is 2. The zero-order chi connectivity index (χ0) is 22.1. The number of nitro groups is 1. The third kappa shape index (κ3) is 7.03. The van der Waals surface area contributed by atoms with Gasteiger partial charge >= 0.3 is 12.1 Å². The van der Waals surface area contributed by atoms with Gasteiger partial charge in [0.25, 0.3) is 11.6 Å². The minimum Gasteiger partial charge on any atom is -0.452 e. The molecular formula is C19H22ClN3O7. The van der Waals surface area contributed by atoms with Crippen molar-refractivity contribution in [3.8, 4) is 0 Å². The second-order valence-electron chi connectivity index (χ2n) is 6.44. The molecule has 0 aliphatic carbocycles. The van der Waals surface area contributed by atoms with Gasteiger partial charge in [-0.1, -0.05) is 17.7 Å². The van der Waals surface area contributed by atoms with E-state index in [2.05, 4.69) is 5.32 Å². The van der Waals surface area contributed by atoms with E-state index in [0.717, 1.165) is 6.08 Å². The van der Waals surface area contributed by atoms with Crippen LogP contribution in [0.4, 0.5) is 10.5 Å². The quantitative estimate of drug-likeness (QED) is 0.299. The summed E-state index contributed by atoms with van der Waals surface area (Å²) in [6, 6.07) is 3.97. The molecule has 10 nitrogen and oxygen atoms in total. The van der Waals surface area contributed by atoms with Gasteiger partial charge in [0.15, 0.2) is 6.61 Å². The molecule has 1 fully saturated rings. The van der Waals surface area contributed by atoms with Crippen LogP contribution in [0.3, 0.4) is 0 Å². The molecule has 162 valence electrons. The Morgan fingerprint density at radius 3 is 2.63 bits per heavy atom. The molecular weight excluding hydrogens is 418 g/mol. The Bertz CT molecular complexity index is 835. The zero-order valence-electron chi connectivity index (χ0n) is 16.3. The van der Waals surface area contributed by atoms with Gasteiger partial charge in [-0.05, 0) is 37.5 Å². The molecule has 2 amide bonds. The predicted molar refractivity (Wildman–Crippen MR) is 108 cm³/mol. The summed E-state index contributed by atoms with van der Waals surface area (Å²) in [4.78, 5) is 47.2. The van der Waals surface area contributed by atoms with E-state index in [4.69, 9.17) is 21.1 Å². The lowest BCUT2D eigenvalue weighted by atomic mass is 10.1. The fourth-order valence-electron chi connectivity index (χ4n) is 2.81. The highest BCUT2D eigenvalue weighted by Crippen LogP contribution is 2.25. The van der Waals surface area contributed by atoms with Crippen LogP contribution in [0.2, 0.25) is 5.02 Å². The summed E-state index contributed by atoms with van der Waals surface area (Å²) in [5.74, 6) is -1.21. The van der Waals surface area contributed by atoms with Gasteiger partial charge in [-0.2, -0.15) is 0 Å². The van der Waals surface area contributed by atoms with Gasteiger partial charge < -0.3 is 19.7 Å². The smallest absolute Gasteiger partial charge is 0.409 e. The van der Waals surface area contributed by atoms with Crippen LogP contribution in [0, 0.1) is 10.1 Å². The molecule has 1 N–H and O–H groups in total. The molecule has 1 aromatic rings. The van der Waals surface area contributed by atoms with Crippen LogP contribution in [0.15, 0.2) is 24.3 Å². The maximum absolute atomic E-state index is 12.0. The summed E-state index contributed by atoms with van der Waals surface area (Å²) in [6.07, 6.45) is 3.18. The van der Waals surface area contributed by atoms with Crippen molar-refractivity contribution in [1.29, 1.82) is 0 Å². The van der Waals surface area contributed by atoms with Crippen molar-refractivity contribution in [3.63, 3.8) is 0 Å². The number of piperidine rings is 1. The normalized spacial score (nSPS) is 14.4. The van der Waals surface area contributed by atoms with Crippen molar-refractivity contribution in [1.82, 2.24) is 10.2 Å². The van der Waals surface area contributed by atoms with Crippen LogP contribution in [0.1, 0.15) is 25.3 Å². The highest BCUT2D eigenvalue weighted by Gasteiger charge is 2.24. The van der Waals surface area contributed by atoms with E-state index in [1.54, 1.807) is 11.8 Å². The van der Waals surface area contributed by atoms with Gasteiger partial charge in [0.2, 0.25) is 0 Å². The van der Waals surface area contributed by atoms with E-state index in [1.165, 1.54) is 24.3 Å². The molecule has 1 saturated heterocycles. The lowest BCUT2D eigenvalue weighted by Crippen LogP contribution is -2.47. The molecule has 11 heteroatoms. The molecule has 0 saturated carbocycles. The Hall–Kier alpha value is -3.14. The Labute approximate surface area is 177 Å².